The number of hydrogen-bond acceptors (Lipinski definition) is 4. The van der Waals surface area contributed by atoms with Crippen molar-refractivity contribution in [1.29, 1.82) is 0 Å². The van der Waals surface area contributed by atoms with Gasteiger partial charge in [-0.1, -0.05) is 0 Å². The molecule has 0 bridgehead atoms. The maximum atomic E-state index is 12.0. The van der Waals surface area contributed by atoms with Crippen molar-refractivity contribution in [2.45, 2.75) is 32.6 Å². The Morgan fingerprint density at radius 1 is 1.33 bits per heavy atom. The van der Waals surface area contributed by atoms with Gasteiger partial charge in [0.1, 0.15) is 0 Å². The number of rotatable bonds is 2. The Balaban J connectivity index is 1.72. The zero-order chi connectivity index (χ0) is 12.5. The predicted octanol–water partition coefficient (Wildman–Crippen LogP) is 1.88. The van der Waals surface area contributed by atoms with E-state index in [1.165, 1.54) is 29.0 Å². The Morgan fingerprint density at radius 3 is 2.78 bits per heavy atom. The summed E-state index contributed by atoms with van der Waals surface area (Å²) in [4.78, 5) is 17.9. The van der Waals surface area contributed by atoms with E-state index in [9.17, 15) is 4.79 Å². The SMILES string of the molecule is CC(C(=O)Nc1nc2c(s1)CCCC2)=C1CNC1. The lowest BCUT2D eigenvalue weighted by molar-refractivity contribution is -0.112. The van der Waals surface area contributed by atoms with E-state index in [0.29, 0.717) is 0 Å². The van der Waals surface area contributed by atoms with Crippen molar-refractivity contribution in [2.24, 2.45) is 0 Å². The average molecular weight is 263 g/mol. The van der Waals surface area contributed by atoms with Crippen molar-refractivity contribution in [2.75, 3.05) is 18.4 Å². The molecule has 2 aliphatic rings. The second-order valence-electron chi connectivity index (χ2n) is 4.88. The summed E-state index contributed by atoms with van der Waals surface area (Å²) in [5.74, 6) is -0.00223. The van der Waals surface area contributed by atoms with Crippen molar-refractivity contribution in [3.63, 3.8) is 0 Å². The normalized spacial score (nSPS) is 17.9. The second kappa shape index (κ2) is 4.82. The fraction of sp³-hybridized carbons (Fsp3) is 0.538. The van der Waals surface area contributed by atoms with Gasteiger partial charge in [0.15, 0.2) is 5.13 Å². The van der Waals surface area contributed by atoms with Crippen LogP contribution in [0.25, 0.3) is 0 Å². The third-order valence-corrected chi connectivity index (χ3v) is 4.69. The zero-order valence-electron chi connectivity index (χ0n) is 10.5. The number of hydrogen-bond donors (Lipinski definition) is 2. The molecule has 2 heterocycles. The lowest BCUT2D eigenvalue weighted by Crippen LogP contribution is -2.36. The third-order valence-electron chi connectivity index (χ3n) is 3.61. The van der Waals surface area contributed by atoms with E-state index in [0.717, 1.165) is 36.6 Å². The van der Waals surface area contributed by atoms with Crippen molar-refractivity contribution in [1.82, 2.24) is 10.3 Å². The summed E-state index contributed by atoms with van der Waals surface area (Å²) in [7, 11) is 0. The van der Waals surface area contributed by atoms with Gasteiger partial charge in [-0.15, -0.1) is 11.3 Å². The van der Waals surface area contributed by atoms with Gasteiger partial charge in [0.2, 0.25) is 0 Å². The number of thiazole rings is 1. The monoisotopic (exact) mass is 263 g/mol. The quantitative estimate of drug-likeness (QED) is 0.801. The predicted molar refractivity (Wildman–Crippen MR) is 73.0 cm³/mol. The number of aromatic nitrogens is 1. The molecule has 96 valence electrons. The van der Waals surface area contributed by atoms with Gasteiger partial charge in [0, 0.05) is 23.5 Å². The zero-order valence-corrected chi connectivity index (χ0v) is 11.3. The van der Waals surface area contributed by atoms with Crippen molar-refractivity contribution < 1.29 is 4.79 Å². The van der Waals surface area contributed by atoms with E-state index >= 15 is 0 Å². The molecule has 1 amide bonds. The number of nitrogens with one attached hydrogen (secondary N) is 2. The smallest absolute Gasteiger partial charge is 0.253 e. The summed E-state index contributed by atoms with van der Waals surface area (Å²) in [5, 5.41) is 6.84. The summed E-state index contributed by atoms with van der Waals surface area (Å²) < 4.78 is 0. The third kappa shape index (κ3) is 2.20. The molecule has 1 aromatic rings. The van der Waals surface area contributed by atoms with Crippen LogP contribution in [-0.4, -0.2) is 24.0 Å². The van der Waals surface area contributed by atoms with Gasteiger partial charge < -0.3 is 5.32 Å². The average Bonchev–Trinajstić information content (AvgIpc) is 2.68. The van der Waals surface area contributed by atoms with E-state index in [1.54, 1.807) is 11.3 Å². The molecule has 0 spiro atoms. The second-order valence-corrected chi connectivity index (χ2v) is 5.97. The van der Waals surface area contributed by atoms with E-state index in [-0.39, 0.29) is 5.91 Å². The lowest BCUT2D eigenvalue weighted by Gasteiger charge is -2.21. The first-order chi connectivity index (χ1) is 8.74. The van der Waals surface area contributed by atoms with Gasteiger partial charge in [0.25, 0.3) is 5.91 Å². The first kappa shape index (κ1) is 11.9. The van der Waals surface area contributed by atoms with Crippen LogP contribution >= 0.6 is 11.3 Å². The summed E-state index contributed by atoms with van der Waals surface area (Å²) in [6, 6.07) is 0. The van der Waals surface area contributed by atoms with Gasteiger partial charge in [0.05, 0.1) is 5.69 Å². The van der Waals surface area contributed by atoms with Crippen LogP contribution in [-0.2, 0) is 17.6 Å². The van der Waals surface area contributed by atoms with Gasteiger partial charge in [-0.05, 0) is 38.2 Å². The molecule has 1 aliphatic heterocycles. The first-order valence-corrected chi connectivity index (χ1v) is 7.25. The molecule has 0 radical (unpaired) electrons. The highest BCUT2D eigenvalue weighted by atomic mass is 32.1. The maximum absolute atomic E-state index is 12.0. The molecule has 5 heteroatoms. The van der Waals surface area contributed by atoms with Crippen LogP contribution in [0.2, 0.25) is 0 Å². The molecule has 2 N–H and O–H groups in total. The van der Waals surface area contributed by atoms with Crippen molar-refractivity contribution in [3.05, 3.63) is 21.7 Å². The van der Waals surface area contributed by atoms with Crippen LogP contribution < -0.4 is 10.6 Å². The molecule has 1 saturated heterocycles. The van der Waals surface area contributed by atoms with E-state index in [4.69, 9.17) is 0 Å². The Hall–Kier alpha value is -1.20. The number of amides is 1. The molecular formula is C13H17N3OS. The van der Waals surface area contributed by atoms with E-state index in [2.05, 4.69) is 15.6 Å². The van der Waals surface area contributed by atoms with Crippen LogP contribution in [0, 0.1) is 0 Å². The molecule has 1 fully saturated rings. The van der Waals surface area contributed by atoms with Crippen LogP contribution in [0.3, 0.4) is 0 Å². The molecule has 3 rings (SSSR count). The number of nitrogens with zero attached hydrogens (tertiary/aromatic N) is 1. The fourth-order valence-electron chi connectivity index (χ4n) is 2.27. The van der Waals surface area contributed by atoms with E-state index < -0.39 is 0 Å². The summed E-state index contributed by atoms with van der Waals surface area (Å²) in [5.41, 5.74) is 3.23. The Bertz CT molecular complexity index is 489. The minimum absolute atomic E-state index is 0.00223. The van der Waals surface area contributed by atoms with Crippen LogP contribution in [0.5, 0.6) is 0 Å². The molecule has 0 unspecified atom stereocenters. The van der Waals surface area contributed by atoms with Gasteiger partial charge in [-0.3, -0.25) is 10.1 Å². The molecule has 4 nitrogen and oxygen atoms in total. The van der Waals surface area contributed by atoms with Crippen LogP contribution in [0.1, 0.15) is 30.3 Å². The van der Waals surface area contributed by atoms with Crippen LogP contribution in [0.15, 0.2) is 11.1 Å². The number of fused-ring (bicyclic) bond motifs is 1. The topological polar surface area (TPSA) is 54.0 Å². The molecule has 18 heavy (non-hydrogen) atoms. The Morgan fingerprint density at radius 2 is 2.11 bits per heavy atom. The fourth-order valence-corrected chi connectivity index (χ4v) is 3.32. The minimum atomic E-state index is -0.00223. The lowest BCUT2D eigenvalue weighted by atomic mass is 10.0. The number of aryl methyl sites for hydroxylation is 2. The number of anilines is 1. The maximum Gasteiger partial charge on any atom is 0.253 e. The van der Waals surface area contributed by atoms with Gasteiger partial charge >= 0.3 is 0 Å². The molecule has 0 aromatic carbocycles. The van der Waals surface area contributed by atoms with Gasteiger partial charge in [-0.2, -0.15) is 0 Å². The molecule has 1 aromatic heterocycles. The summed E-state index contributed by atoms with van der Waals surface area (Å²) in [6.07, 6.45) is 4.65. The highest BCUT2D eigenvalue weighted by Gasteiger charge is 2.19. The number of carbonyl (C=O) groups is 1. The van der Waals surface area contributed by atoms with Crippen molar-refractivity contribution in [3.8, 4) is 0 Å². The minimum Gasteiger partial charge on any atom is -0.309 e. The standard InChI is InChI=1S/C13H17N3OS/c1-8(9-6-14-7-9)12(17)16-13-15-10-4-2-3-5-11(10)18-13/h14H,2-7H2,1H3,(H,15,16,17). The Kier molecular flexibility index (Phi) is 3.18. The van der Waals surface area contributed by atoms with E-state index in [1.807, 2.05) is 6.92 Å². The van der Waals surface area contributed by atoms with Crippen LogP contribution in [0.4, 0.5) is 5.13 Å². The molecule has 0 saturated carbocycles. The molecular weight excluding hydrogens is 246 g/mol. The highest BCUT2D eigenvalue weighted by Crippen LogP contribution is 2.29. The molecule has 1 aliphatic carbocycles. The largest absolute Gasteiger partial charge is 0.309 e. The van der Waals surface area contributed by atoms with Crippen molar-refractivity contribution >= 4 is 22.4 Å². The summed E-state index contributed by atoms with van der Waals surface area (Å²) >= 11 is 1.64. The number of carbonyl (C=O) groups excluding carboxylic acids is 1. The van der Waals surface area contributed by atoms with Gasteiger partial charge in [-0.25, -0.2) is 4.98 Å². The summed E-state index contributed by atoms with van der Waals surface area (Å²) in [6.45, 7) is 3.57. The molecule has 0 atom stereocenters. The highest BCUT2D eigenvalue weighted by molar-refractivity contribution is 7.15. The first-order valence-electron chi connectivity index (χ1n) is 6.43. The Labute approximate surface area is 111 Å².